The van der Waals surface area contributed by atoms with Crippen molar-refractivity contribution >= 4 is 11.8 Å². The third-order valence-corrected chi connectivity index (χ3v) is 5.62. The fourth-order valence-electron chi connectivity index (χ4n) is 4.26. The van der Waals surface area contributed by atoms with Gasteiger partial charge in [-0.15, -0.1) is 0 Å². The highest BCUT2D eigenvalue weighted by Crippen LogP contribution is 2.35. The normalized spacial score (nSPS) is 25.1. The summed E-state index contributed by atoms with van der Waals surface area (Å²) in [5.41, 5.74) is -0.293. The van der Waals surface area contributed by atoms with E-state index in [-0.39, 0.29) is 29.1 Å². The van der Waals surface area contributed by atoms with E-state index in [0.29, 0.717) is 25.4 Å². The second-order valence-corrected chi connectivity index (χ2v) is 7.64. The Morgan fingerprint density at radius 3 is 2.67 bits per heavy atom. The van der Waals surface area contributed by atoms with Crippen LogP contribution >= 0.6 is 0 Å². The molecule has 1 N–H and O–H groups in total. The van der Waals surface area contributed by atoms with E-state index in [1.807, 2.05) is 4.90 Å². The van der Waals surface area contributed by atoms with Crippen molar-refractivity contribution in [2.24, 2.45) is 5.92 Å². The maximum Gasteiger partial charge on any atom is 0.219 e. The monoisotopic (exact) mass is 377 g/mol. The van der Waals surface area contributed by atoms with Crippen molar-refractivity contribution in [3.05, 3.63) is 30.1 Å². The number of ether oxygens (including phenoxy) is 1. The molecule has 0 spiro atoms. The van der Waals surface area contributed by atoms with Crippen LogP contribution in [-0.2, 0) is 9.59 Å². The SMILES string of the molecule is CC(=O)N[C@@]12CCN(CCCOc3ccc(F)cc3)C[C@@H]1CN(C(C)=O)C2. The Balaban J connectivity index is 1.49. The summed E-state index contributed by atoms with van der Waals surface area (Å²) < 4.78 is 18.6. The topological polar surface area (TPSA) is 61.9 Å². The number of carbonyl (C=O) groups is 2. The van der Waals surface area contributed by atoms with Gasteiger partial charge in [0.2, 0.25) is 11.8 Å². The van der Waals surface area contributed by atoms with Crippen LogP contribution in [0, 0.1) is 11.7 Å². The summed E-state index contributed by atoms with van der Waals surface area (Å²) in [4.78, 5) is 27.8. The molecular formula is C20H28FN3O3. The third kappa shape index (κ3) is 4.77. The van der Waals surface area contributed by atoms with Crippen LogP contribution in [0.25, 0.3) is 0 Å². The average molecular weight is 377 g/mol. The highest BCUT2D eigenvalue weighted by molar-refractivity contribution is 5.76. The van der Waals surface area contributed by atoms with Gasteiger partial charge in [0.05, 0.1) is 12.1 Å². The lowest BCUT2D eigenvalue weighted by Gasteiger charge is -2.43. The van der Waals surface area contributed by atoms with Gasteiger partial charge in [0.15, 0.2) is 0 Å². The van der Waals surface area contributed by atoms with E-state index in [1.54, 1.807) is 26.0 Å². The molecule has 0 radical (unpaired) electrons. The van der Waals surface area contributed by atoms with Gasteiger partial charge in [0.25, 0.3) is 0 Å². The van der Waals surface area contributed by atoms with Crippen molar-refractivity contribution in [3.63, 3.8) is 0 Å². The van der Waals surface area contributed by atoms with Crippen LogP contribution in [0.1, 0.15) is 26.7 Å². The molecule has 2 aliphatic heterocycles. The lowest BCUT2D eigenvalue weighted by atomic mass is 9.80. The van der Waals surface area contributed by atoms with E-state index in [1.165, 1.54) is 12.1 Å². The molecule has 2 heterocycles. The van der Waals surface area contributed by atoms with E-state index < -0.39 is 0 Å². The number of fused-ring (bicyclic) bond motifs is 1. The maximum absolute atomic E-state index is 12.9. The van der Waals surface area contributed by atoms with Crippen LogP contribution in [0.3, 0.4) is 0 Å². The Morgan fingerprint density at radius 1 is 1.26 bits per heavy atom. The van der Waals surface area contributed by atoms with Crippen LogP contribution < -0.4 is 10.1 Å². The molecule has 3 rings (SSSR count). The average Bonchev–Trinajstić information content (AvgIpc) is 2.98. The second kappa shape index (κ2) is 8.25. The number of carbonyl (C=O) groups excluding carboxylic acids is 2. The minimum Gasteiger partial charge on any atom is -0.494 e. The summed E-state index contributed by atoms with van der Waals surface area (Å²) in [6.07, 6.45) is 1.72. The van der Waals surface area contributed by atoms with E-state index in [9.17, 15) is 14.0 Å². The highest BCUT2D eigenvalue weighted by Gasteiger charge is 2.50. The number of rotatable bonds is 6. The Labute approximate surface area is 159 Å². The first kappa shape index (κ1) is 19.6. The number of piperidine rings is 1. The fourth-order valence-corrected chi connectivity index (χ4v) is 4.26. The van der Waals surface area contributed by atoms with Crippen molar-refractivity contribution in [1.29, 1.82) is 0 Å². The first-order valence-corrected chi connectivity index (χ1v) is 9.53. The van der Waals surface area contributed by atoms with Crippen LogP contribution in [0.2, 0.25) is 0 Å². The standard InChI is InChI=1S/C20H28FN3O3/c1-15(25)22-20-8-10-23(12-17(20)13-24(14-20)16(2)26)9-3-11-27-19-6-4-18(21)5-7-19/h4-7,17H,3,8-14H2,1-2H3,(H,22,25)/t17-,20-/m1/s1. The van der Waals surface area contributed by atoms with Gasteiger partial charge >= 0.3 is 0 Å². The molecule has 2 saturated heterocycles. The number of likely N-dealkylation sites (tertiary alicyclic amines) is 2. The first-order chi connectivity index (χ1) is 12.9. The Bertz CT molecular complexity index is 682. The number of benzene rings is 1. The number of hydrogen-bond donors (Lipinski definition) is 1. The third-order valence-electron chi connectivity index (χ3n) is 5.62. The highest BCUT2D eigenvalue weighted by atomic mass is 19.1. The minimum atomic E-state index is -0.293. The number of halogens is 1. The molecular weight excluding hydrogens is 349 g/mol. The Kier molecular flexibility index (Phi) is 5.99. The molecule has 0 bridgehead atoms. The molecule has 148 valence electrons. The zero-order valence-electron chi connectivity index (χ0n) is 16.0. The number of nitrogens with one attached hydrogen (secondary N) is 1. The molecule has 1 aromatic rings. The largest absolute Gasteiger partial charge is 0.494 e. The molecule has 7 heteroatoms. The van der Waals surface area contributed by atoms with Crippen molar-refractivity contribution in [1.82, 2.24) is 15.1 Å². The predicted molar refractivity (Wildman–Crippen MR) is 99.9 cm³/mol. The number of amides is 2. The van der Waals surface area contributed by atoms with Gasteiger partial charge in [0.1, 0.15) is 11.6 Å². The summed E-state index contributed by atoms with van der Waals surface area (Å²) in [7, 11) is 0. The molecule has 0 unspecified atom stereocenters. The summed E-state index contributed by atoms with van der Waals surface area (Å²) in [5.74, 6) is 0.680. The molecule has 6 nitrogen and oxygen atoms in total. The van der Waals surface area contributed by atoms with Crippen LogP contribution in [0.5, 0.6) is 5.75 Å². The smallest absolute Gasteiger partial charge is 0.219 e. The van der Waals surface area contributed by atoms with Gasteiger partial charge in [-0.2, -0.15) is 0 Å². The van der Waals surface area contributed by atoms with Crippen molar-refractivity contribution in [3.8, 4) is 5.75 Å². The molecule has 0 saturated carbocycles. The van der Waals surface area contributed by atoms with Gasteiger partial charge in [-0.05, 0) is 37.1 Å². The predicted octanol–water partition coefficient (Wildman–Crippen LogP) is 1.65. The molecule has 1 aromatic carbocycles. The van der Waals surface area contributed by atoms with E-state index in [0.717, 1.165) is 32.5 Å². The number of hydrogen-bond acceptors (Lipinski definition) is 4. The summed E-state index contributed by atoms with van der Waals surface area (Å²) in [6, 6.07) is 6.05. The lowest BCUT2D eigenvalue weighted by molar-refractivity contribution is -0.128. The summed E-state index contributed by atoms with van der Waals surface area (Å²) in [5, 5.41) is 3.14. The van der Waals surface area contributed by atoms with Crippen LogP contribution in [0.15, 0.2) is 24.3 Å². The molecule has 2 fully saturated rings. The van der Waals surface area contributed by atoms with E-state index in [2.05, 4.69) is 10.2 Å². The van der Waals surface area contributed by atoms with Crippen LogP contribution in [0.4, 0.5) is 4.39 Å². The Morgan fingerprint density at radius 2 is 2.00 bits per heavy atom. The second-order valence-electron chi connectivity index (χ2n) is 7.64. The molecule has 27 heavy (non-hydrogen) atoms. The molecule has 2 aliphatic rings. The van der Waals surface area contributed by atoms with Gasteiger partial charge in [-0.1, -0.05) is 0 Å². The summed E-state index contributed by atoms with van der Waals surface area (Å²) in [6.45, 7) is 7.65. The van der Waals surface area contributed by atoms with Gasteiger partial charge < -0.3 is 19.9 Å². The van der Waals surface area contributed by atoms with Crippen molar-refractivity contribution < 1.29 is 18.7 Å². The van der Waals surface area contributed by atoms with Crippen LogP contribution in [-0.4, -0.2) is 66.5 Å². The summed E-state index contributed by atoms with van der Waals surface area (Å²) >= 11 is 0. The first-order valence-electron chi connectivity index (χ1n) is 9.53. The molecule has 0 aromatic heterocycles. The van der Waals surface area contributed by atoms with Gasteiger partial charge in [0, 0.05) is 52.5 Å². The Hall–Kier alpha value is -2.15. The minimum absolute atomic E-state index is 0.0356. The fraction of sp³-hybridized carbons (Fsp3) is 0.600. The maximum atomic E-state index is 12.9. The van der Waals surface area contributed by atoms with E-state index in [4.69, 9.17) is 4.74 Å². The van der Waals surface area contributed by atoms with E-state index >= 15 is 0 Å². The van der Waals surface area contributed by atoms with Crippen molar-refractivity contribution in [2.45, 2.75) is 32.2 Å². The molecule has 2 atom stereocenters. The zero-order valence-corrected chi connectivity index (χ0v) is 16.0. The van der Waals surface area contributed by atoms with Gasteiger partial charge in [-0.3, -0.25) is 9.59 Å². The molecule has 0 aliphatic carbocycles. The lowest BCUT2D eigenvalue weighted by Crippen LogP contribution is -2.61. The number of nitrogens with zero attached hydrogens (tertiary/aromatic N) is 2. The van der Waals surface area contributed by atoms with Gasteiger partial charge in [-0.25, -0.2) is 4.39 Å². The van der Waals surface area contributed by atoms with Crippen molar-refractivity contribution in [2.75, 3.05) is 39.3 Å². The quantitative estimate of drug-likeness (QED) is 0.766. The zero-order chi connectivity index (χ0) is 19.4. The molecule has 2 amide bonds.